The molecule has 0 bridgehead atoms. The molecule has 3 heterocycles. The van der Waals surface area contributed by atoms with E-state index in [4.69, 9.17) is 30.5 Å². The van der Waals surface area contributed by atoms with Crippen molar-refractivity contribution in [2.75, 3.05) is 11.9 Å². The molecule has 3 aromatic rings. The van der Waals surface area contributed by atoms with Gasteiger partial charge in [-0.2, -0.15) is 5.10 Å². The number of ether oxygens (including phenoxy) is 4. The average Bonchev–Trinajstić information content (AvgIpc) is 3.54. The molecule has 11 nitrogen and oxygen atoms in total. The van der Waals surface area contributed by atoms with Crippen LogP contribution in [-0.4, -0.2) is 57.6 Å². The van der Waals surface area contributed by atoms with E-state index in [1.165, 1.54) is 37.6 Å². The Bertz CT molecular complexity index is 1450. The number of nitrogens with zero attached hydrogens (tertiary/aromatic N) is 3. The SMILES string of the molecule is CC(=O)OC[C@H]1O[C@@H](n2ncc3c(N[C@@H]4CCc5ccc(F)cc54)cc(Cl)nc32)[C@H](OC(C)=O)[C@@H]1OC(C)=O. The summed E-state index contributed by atoms with van der Waals surface area (Å²) in [7, 11) is 0. The second-order valence-electron chi connectivity index (χ2n) is 9.41. The normalized spacial score (nSPS) is 23.9. The first kappa shape index (κ1) is 26.8. The maximum absolute atomic E-state index is 14.0. The van der Waals surface area contributed by atoms with Crippen molar-refractivity contribution in [3.8, 4) is 0 Å². The van der Waals surface area contributed by atoms with Gasteiger partial charge in [0.15, 0.2) is 24.1 Å². The van der Waals surface area contributed by atoms with E-state index in [1.54, 1.807) is 18.3 Å². The molecule has 1 saturated heterocycles. The van der Waals surface area contributed by atoms with Crippen LogP contribution in [0, 0.1) is 5.82 Å². The Labute approximate surface area is 227 Å². The molecule has 13 heteroatoms. The monoisotopic (exact) mass is 560 g/mol. The zero-order chi connectivity index (χ0) is 27.8. The van der Waals surface area contributed by atoms with Crippen LogP contribution in [0.15, 0.2) is 30.5 Å². The van der Waals surface area contributed by atoms with E-state index in [9.17, 15) is 18.8 Å². The first-order valence-corrected chi connectivity index (χ1v) is 12.7. The summed E-state index contributed by atoms with van der Waals surface area (Å²) < 4.78 is 37.5. The van der Waals surface area contributed by atoms with E-state index < -0.39 is 42.4 Å². The highest BCUT2D eigenvalue weighted by Crippen LogP contribution is 2.39. The summed E-state index contributed by atoms with van der Waals surface area (Å²) >= 11 is 6.40. The third-order valence-electron chi connectivity index (χ3n) is 6.63. The minimum atomic E-state index is -1.13. The molecule has 2 aliphatic rings. The van der Waals surface area contributed by atoms with Crippen molar-refractivity contribution >= 4 is 46.2 Å². The van der Waals surface area contributed by atoms with Gasteiger partial charge >= 0.3 is 17.9 Å². The Morgan fingerprint density at radius 2 is 1.87 bits per heavy atom. The van der Waals surface area contributed by atoms with Crippen LogP contribution in [0.1, 0.15) is 50.6 Å². The van der Waals surface area contributed by atoms with Gasteiger partial charge in [-0.3, -0.25) is 14.4 Å². The van der Waals surface area contributed by atoms with Crippen molar-refractivity contribution < 1.29 is 37.7 Å². The Morgan fingerprint density at radius 3 is 2.59 bits per heavy atom. The summed E-state index contributed by atoms with van der Waals surface area (Å²) in [5.41, 5.74) is 2.86. The zero-order valence-corrected chi connectivity index (χ0v) is 22.1. The van der Waals surface area contributed by atoms with Gasteiger partial charge in [-0.1, -0.05) is 17.7 Å². The van der Waals surface area contributed by atoms with Crippen molar-refractivity contribution in [3.63, 3.8) is 0 Å². The van der Waals surface area contributed by atoms with Gasteiger partial charge in [0, 0.05) is 20.8 Å². The molecule has 1 aliphatic heterocycles. The number of nitrogens with one attached hydrogen (secondary N) is 1. The third kappa shape index (κ3) is 5.52. The summed E-state index contributed by atoms with van der Waals surface area (Å²) in [4.78, 5) is 39.7. The van der Waals surface area contributed by atoms with Gasteiger partial charge in [-0.05, 0) is 42.2 Å². The number of anilines is 1. The smallest absolute Gasteiger partial charge is 0.303 e. The molecule has 0 saturated carbocycles. The van der Waals surface area contributed by atoms with Crippen LogP contribution in [0.2, 0.25) is 5.15 Å². The minimum Gasteiger partial charge on any atom is -0.463 e. The topological polar surface area (TPSA) is 131 Å². The first-order valence-electron chi connectivity index (χ1n) is 12.3. The summed E-state index contributed by atoms with van der Waals surface area (Å²) in [6.07, 6.45) is -1.14. The maximum atomic E-state index is 14.0. The lowest BCUT2D eigenvalue weighted by atomic mass is 10.1. The molecule has 39 heavy (non-hydrogen) atoms. The number of carbonyl (C=O) groups excluding carboxylic acids is 3. The number of benzene rings is 1. The largest absolute Gasteiger partial charge is 0.463 e. The number of hydrogen-bond donors (Lipinski definition) is 1. The number of aromatic nitrogens is 3. The van der Waals surface area contributed by atoms with Crippen molar-refractivity contribution in [2.45, 2.75) is 64.2 Å². The lowest BCUT2D eigenvalue weighted by Crippen LogP contribution is -2.40. The van der Waals surface area contributed by atoms with Crippen LogP contribution in [-0.2, 0) is 39.8 Å². The van der Waals surface area contributed by atoms with Crippen LogP contribution in [0.25, 0.3) is 11.0 Å². The van der Waals surface area contributed by atoms with Gasteiger partial charge in [0.25, 0.3) is 0 Å². The number of carbonyl (C=O) groups is 3. The number of esters is 3. The van der Waals surface area contributed by atoms with Gasteiger partial charge in [0.1, 0.15) is 23.7 Å². The van der Waals surface area contributed by atoms with E-state index >= 15 is 0 Å². The zero-order valence-electron chi connectivity index (χ0n) is 21.4. The second kappa shape index (κ2) is 10.8. The van der Waals surface area contributed by atoms with Crippen molar-refractivity contribution in [1.29, 1.82) is 0 Å². The van der Waals surface area contributed by atoms with Crippen LogP contribution >= 0.6 is 11.6 Å². The van der Waals surface area contributed by atoms with Crippen LogP contribution in [0.3, 0.4) is 0 Å². The molecule has 0 amide bonds. The van der Waals surface area contributed by atoms with Gasteiger partial charge in [-0.25, -0.2) is 14.1 Å². The molecule has 2 aromatic heterocycles. The van der Waals surface area contributed by atoms with Crippen LogP contribution in [0.5, 0.6) is 0 Å². The number of rotatable bonds is 7. The van der Waals surface area contributed by atoms with Crippen LogP contribution in [0.4, 0.5) is 10.1 Å². The van der Waals surface area contributed by atoms with E-state index in [0.29, 0.717) is 16.7 Å². The summed E-state index contributed by atoms with van der Waals surface area (Å²) in [5, 5.41) is 8.62. The van der Waals surface area contributed by atoms with E-state index in [-0.39, 0.29) is 23.6 Å². The summed E-state index contributed by atoms with van der Waals surface area (Å²) in [6.45, 7) is 3.40. The van der Waals surface area contributed by atoms with E-state index in [1.807, 2.05) is 0 Å². The third-order valence-corrected chi connectivity index (χ3v) is 6.83. The molecular formula is C26H26ClFN4O7. The van der Waals surface area contributed by atoms with E-state index in [0.717, 1.165) is 24.0 Å². The van der Waals surface area contributed by atoms with Crippen molar-refractivity contribution in [3.05, 3.63) is 52.6 Å². The van der Waals surface area contributed by atoms with E-state index in [2.05, 4.69) is 15.4 Å². The Hall–Kier alpha value is -3.77. The predicted octanol–water partition coefficient (Wildman–Crippen LogP) is 3.65. The molecule has 206 valence electrons. The number of pyridine rings is 1. The van der Waals surface area contributed by atoms with Crippen molar-refractivity contribution in [2.24, 2.45) is 0 Å². The maximum Gasteiger partial charge on any atom is 0.303 e. The Morgan fingerprint density at radius 1 is 1.13 bits per heavy atom. The van der Waals surface area contributed by atoms with Crippen molar-refractivity contribution in [1.82, 2.24) is 14.8 Å². The number of hydrogen-bond acceptors (Lipinski definition) is 10. The highest BCUT2D eigenvalue weighted by Gasteiger charge is 2.51. The molecule has 1 aliphatic carbocycles. The Balaban J connectivity index is 1.51. The van der Waals surface area contributed by atoms with Crippen LogP contribution < -0.4 is 5.32 Å². The average molecular weight is 561 g/mol. The predicted molar refractivity (Wildman–Crippen MR) is 135 cm³/mol. The molecule has 1 N–H and O–H groups in total. The standard InChI is InChI=1S/C26H26ClFN4O7/c1-12(33)36-11-21-23(37-13(2)34)24(38-14(3)35)26(39-21)32-25-18(10-29-32)20(9-22(27)31-25)30-19-7-5-15-4-6-16(28)8-17(15)19/h4,6,8-10,19,21,23-24,26H,5,7,11H2,1-3H3,(H,30,31)/t19-,21-,23-,24-,26-/m1/s1. The minimum absolute atomic E-state index is 0.152. The van der Waals surface area contributed by atoms with Gasteiger partial charge < -0.3 is 24.3 Å². The number of aryl methyl sites for hydroxylation is 1. The quantitative estimate of drug-likeness (QED) is 0.259. The highest BCUT2D eigenvalue weighted by molar-refractivity contribution is 6.30. The van der Waals surface area contributed by atoms with Gasteiger partial charge in [0.2, 0.25) is 0 Å². The highest BCUT2D eigenvalue weighted by atomic mass is 35.5. The lowest BCUT2D eigenvalue weighted by molar-refractivity contribution is -0.166. The molecule has 5 rings (SSSR count). The first-order chi connectivity index (χ1) is 18.6. The van der Waals surface area contributed by atoms with Gasteiger partial charge in [0.05, 0.1) is 23.3 Å². The molecule has 0 radical (unpaired) electrons. The molecule has 0 unspecified atom stereocenters. The summed E-state index contributed by atoms with van der Waals surface area (Å²) in [6, 6.07) is 6.26. The summed E-state index contributed by atoms with van der Waals surface area (Å²) in [5.74, 6) is -2.15. The van der Waals surface area contributed by atoms with Gasteiger partial charge in [-0.15, -0.1) is 0 Å². The fourth-order valence-corrected chi connectivity index (χ4v) is 5.28. The fraction of sp³-hybridized carbons (Fsp3) is 0.423. The molecule has 0 spiro atoms. The lowest BCUT2D eigenvalue weighted by Gasteiger charge is -2.23. The molecular weight excluding hydrogens is 535 g/mol. The second-order valence-corrected chi connectivity index (χ2v) is 9.80. The fourth-order valence-electron chi connectivity index (χ4n) is 5.09. The molecule has 1 aromatic carbocycles. The number of halogens is 2. The Kier molecular flexibility index (Phi) is 7.41. The molecule has 1 fully saturated rings. The number of fused-ring (bicyclic) bond motifs is 2. The molecule has 5 atom stereocenters.